The second-order valence-electron chi connectivity index (χ2n) is 8.60. The average Bonchev–Trinajstić information content (AvgIpc) is 2.77. The lowest BCUT2D eigenvalue weighted by Gasteiger charge is -2.36. The maximum Gasteiger partial charge on any atom is 0.347 e. The van der Waals surface area contributed by atoms with Crippen LogP contribution < -0.4 is 10.4 Å². The van der Waals surface area contributed by atoms with Gasteiger partial charge in [0, 0.05) is 17.9 Å². The Bertz CT molecular complexity index is 1360. The summed E-state index contributed by atoms with van der Waals surface area (Å²) in [6.07, 6.45) is 1.10. The van der Waals surface area contributed by atoms with Gasteiger partial charge in [-0.25, -0.2) is 4.79 Å². The van der Waals surface area contributed by atoms with Crippen molar-refractivity contribution < 1.29 is 31.3 Å². The van der Waals surface area contributed by atoms with Crippen LogP contribution in [-0.2, 0) is 14.4 Å². The van der Waals surface area contributed by atoms with Crippen molar-refractivity contribution >= 4 is 26.9 Å². The zero-order valence-electron chi connectivity index (χ0n) is 18.7. The predicted octanol–water partition coefficient (Wildman–Crippen LogP) is 3.47. The fraction of sp³-hybridized carbons (Fsp3) is 0.333. The van der Waals surface area contributed by atoms with Crippen molar-refractivity contribution in [3.05, 3.63) is 70.1 Å². The van der Waals surface area contributed by atoms with Crippen molar-refractivity contribution in [1.82, 2.24) is 0 Å². The quantitative estimate of drug-likeness (QED) is 0.308. The minimum Gasteiger partial charge on any atom is -0.497 e. The lowest BCUT2D eigenvalue weighted by Crippen LogP contribution is -2.53. The van der Waals surface area contributed by atoms with E-state index in [0.29, 0.717) is 36.1 Å². The molecule has 1 aromatic heterocycles. The van der Waals surface area contributed by atoms with Crippen LogP contribution in [0.4, 0.5) is 0 Å². The highest BCUT2D eigenvalue weighted by atomic mass is 32.2. The smallest absolute Gasteiger partial charge is 0.347 e. The van der Waals surface area contributed by atoms with Gasteiger partial charge >= 0.3 is 15.7 Å². The van der Waals surface area contributed by atoms with Gasteiger partial charge in [0.1, 0.15) is 37.0 Å². The van der Waals surface area contributed by atoms with Crippen LogP contribution in [0.25, 0.3) is 11.0 Å². The third kappa shape index (κ3) is 4.85. The van der Waals surface area contributed by atoms with Crippen LogP contribution >= 0.6 is 0 Å². The number of rotatable bonds is 6. The number of aryl methyl sites for hydroxylation is 1. The van der Waals surface area contributed by atoms with Crippen molar-refractivity contribution in [3.8, 4) is 5.75 Å². The van der Waals surface area contributed by atoms with Crippen LogP contribution in [0.15, 0.2) is 62.6 Å². The first-order valence-corrected chi connectivity index (χ1v) is 12.0. The molecule has 174 valence electrons. The molecule has 0 saturated carbocycles. The summed E-state index contributed by atoms with van der Waals surface area (Å²) in [6.45, 7) is 2.43. The molecule has 0 N–H and O–H groups in total. The molecule has 1 aliphatic heterocycles. The number of ether oxygens (including phenoxy) is 1. The van der Waals surface area contributed by atoms with E-state index in [9.17, 15) is 18.0 Å². The number of piperidine rings is 1. The Morgan fingerprint density at radius 1 is 1.12 bits per heavy atom. The van der Waals surface area contributed by atoms with E-state index in [0.717, 1.165) is 5.56 Å². The molecule has 2 heterocycles. The Kier molecular flexibility index (Phi) is 6.13. The summed E-state index contributed by atoms with van der Waals surface area (Å²) in [5.41, 5.74) is 0.486. The third-order valence-corrected chi connectivity index (χ3v) is 7.36. The number of methoxy groups -OCH3 is 1. The van der Waals surface area contributed by atoms with Gasteiger partial charge in [0.25, 0.3) is 0 Å². The number of nitrogens with zero attached hydrogens (tertiary/aromatic N) is 1. The highest BCUT2D eigenvalue weighted by molar-refractivity contribution is 7.86. The molecule has 2 aromatic carbocycles. The summed E-state index contributed by atoms with van der Waals surface area (Å²) in [5, 5.41) is 0.602. The van der Waals surface area contributed by atoms with Gasteiger partial charge in [-0.3, -0.25) is 4.79 Å². The van der Waals surface area contributed by atoms with E-state index in [1.165, 1.54) is 25.3 Å². The number of carbonyl (C=O) groups excluding carboxylic acids is 1. The molecule has 3 aromatic rings. The largest absolute Gasteiger partial charge is 0.497 e. The minimum absolute atomic E-state index is 0.0486. The summed E-state index contributed by atoms with van der Waals surface area (Å²) >= 11 is 0. The van der Waals surface area contributed by atoms with Gasteiger partial charge < -0.3 is 9.15 Å². The molecule has 0 aliphatic carbocycles. The number of hydrogen-bond acceptors (Lipinski definition) is 7. The fourth-order valence-corrected chi connectivity index (χ4v) is 5.36. The molecule has 0 radical (unpaired) electrons. The second kappa shape index (κ2) is 8.74. The third-order valence-electron chi connectivity index (χ3n) is 5.96. The molecule has 1 saturated heterocycles. The zero-order chi connectivity index (χ0) is 23.8. The lowest BCUT2D eigenvalue weighted by molar-refractivity contribution is -1.07. The Morgan fingerprint density at radius 3 is 2.55 bits per heavy atom. The Labute approximate surface area is 192 Å². The number of hydrogen-bond donors (Lipinski definition) is 0. The molecule has 1 fully saturated rings. The van der Waals surface area contributed by atoms with Gasteiger partial charge in [-0.15, -0.1) is 0 Å². The van der Waals surface area contributed by atoms with E-state index in [-0.39, 0.29) is 27.4 Å². The van der Waals surface area contributed by atoms with Gasteiger partial charge in [-0.05, 0) is 43.7 Å². The molecular weight excluding hydrogens is 446 g/mol. The maximum atomic E-state index is 13.2. The van der Waals surface area contributed by atoms with Gasteiger partial charge in [0.15, 0.2) is 5.78 Å². The van der Waals surface area contributed by atoms with E-state index in [4.69, 9.17) is 13.4 Å². The average molecular weight is 473 g/mol. The van der Waals surface area contributed by atoms with Crippen LogP contribution in [0.1, 0.15) is 28.8 Å². The van der Waals surface area contributed by atoms with Crippen LogP contribution in [0, 0.1) is 12.8 Å². The van der Waals surface area contributed by atoms with Crippen LogP contribution in [0.5, 0.6) is 5.75 Å². The summed E-state index contributed by atoms with van der Waals surface area (Å²) in [6, 6.07) is 12.9. The second-order valence-corrected chi connectivity index (χ2v) is 10.1. The fourth-order valence-electron chi connectivity index (χ4n) is 4.20. The van der Waals surface area contributed by atoms with E-state index in [2.05, 4.69) is 0 Å². The highest BCUT2D eigenvalue weighted by Crippen LogP contribution is 2.29. The molecule has 33 heavy (non-hydrogen) atoms. The van der Waals surface area contributed by atoms with Crippen LogP contribution in [0.3, 0.4) is 0 Å². The lowest BCUT2D eigenvalue weighted by atomic mass is 9.90. The van der Waals surface area contributed by atoms with Gasteiger partial charge in [0.05, 0.1) is 17.9 Å². The van der Waals surface area contributed by atoms with E-state index in [1.54, 1.807) is 37.4 Å². The minimum atomic E-state index is -4.02. The first-order chi connectivity index (χ1) is 15.6. The normalized spacial score (nSPS) is 21.1. The maximum absolute atomic E-state index is 13.2. The SMILES string of the molecule is COc1ccc2cc(C(=O)C3CCC[N+](C)(OS(=O)(=O)c4ccc(C)cc4)C3)c(=O)oc2c1. The molecule has 2 unspecified atom stereocenters. The molecule has 1 aliphatic rings. The van der Waals surface area contributed by atoms with Crippen molar-refractivity contribution in [2.75, 3.05) is 27.2 Å². The van der Waals surface area contributed by atoms with Crippen molar-refractivity contribution in [2.24, 2.45) is 5.92 Å². The number of hydroxylamine groups is 3. The Hall–Kier alpha value is -3.01. The zero-order valence-corrected chi connectivity index (χ0v) is 19.6. The van der Waals surface area contributed by atoms with Crippen molar-refractivity contribution in [1.29, 1.82) is 0 Å². The molecule has 0 spiro atoms. The van der Waals surface area contributed by atoms with Gasteiger partial charge in [-0.2, -0.15) is 13.1 Å². The molecule has 9 heteroatoms. The summed E-state index contributed by atoms with van der Waals surface area (Å²) in [7, 11) is -0.874. The summed E-state index contributed by atoms with van der Waals surface area (Å²) in [4.78, 5) is 25.9. The summed E-state index contributed by atoms with van der Waals surface area (Å²) in [5.74, 6) is -0.408. The Balaban J connectivity index is 1.57. The molecule has 0 bridgehead atoms. The molecular formula is C24H26NO7S+. The molecule has 4 rings (SSSR count). The highest BCUT2D eigenvalue weighted by Gasteiger charge is 2.41. The monoisotopic (exact) mass is 472 g/mol. The van der Waals surface area contributed by atoms with Gasteiger partial charge in [-0.1, -0.05) is 22.0 Å². The number of ketones is 1. The van der Waals surface area contributed by atoms with Crippen molar-refractivity contribution in [2.45, 2.75) is 24.7 Å². The number of benzene rings is 2. The molecule has 2 atom stereocenters. The number of Topliss-reactive ketones (excluding diaryl/α,β-unsaturated/α-hetero) is 1. The number of fused-ring (bicyclic) bond motifs is 1. The van der Waals surface area contributed by atoms with Gasteiger partial charge in [0.2, 0.25) is 0 Å². The van der Waals surface area contributed by atoms with E-state index < -0.39 is 21.7 Å². The number of quaternary nitrogens is 1. The van der Waals surface area contributed by atoms with Crippen molar-refractivity contribution in [3.63, 3.8) is 0 Å². The Morgan fingerprint density at radius 2 is 1.85 bits per heavy atom. The standard InChI is InChI=1S/C24H26NO7S/c1-16-6-10-20(11-7-16)33(28,29)32-25(2)12-4-5-18(15-25)23(26)21-13-17-8-9-19(30-3)14-22(17)31-24(21)27/h6-11,13-14,18H,4-5,12,15H2,1-3H3/q+1. The first-order valence-electron chi connectivity index (χ1n) is 10.6. The van der Waals surface area contributed by atoms with Crippen LogP contribution in [0.2, 0.25) is 0 Å². The predicted molar refractivity (Wildman–Crippen MR) is 121 cm³/mol. The van der Waals surface area contributed by atoms with E-state index in [1.807, 2.05) is 6.92 Å². The number of carbonyl (C=O) groups is 1. The van der Waals surface area contributed by atoms with Crippen LogP contribution in [-0.4, -0.2) is 46.1 Å². The molecule has 8 nitrogen and oxygen atoms in total. The van der Waals surface area contributed by atoms with E-state index >= 15 is 0 Å². The number of likely N-dealkylation sites (tertiary alicyclic amines) is 1. The topological polar surface area (TPSA) is 99.9 Å². The first kappa shape index (κ1) is 23.2. The molecule has 0 amide bonds. The summed E-state index contributed by atoms with van der Waals surface area (Å²) < 4.78 is 41.4.